The molecule has 16 heavy (non-hydrogen) atoms. The van der Waals surface area contributed by atoms with Crippen LogP contribution in [0.5, 0.6) is 0 Å². The second-order valence-corrected chi connectivity index (χ2v) is 3.97. The topological polar surface area (TPSA) is 40.5 Å². The molecule has 0 unspecified atom stereocenters. The van der Waals surface area contributed by atoms with E-state index in [2.05, 4.69) is 32.0 Å². The number of hydrogen-bond acceptors (Lipinski definition) is 2. The normalized spacial score (nSPS) is 10.7. The number of aliphatic carboxylic acids is 1. The SMILES string of the molecule is Cc1cc(C)cc(N(C)CC=CC(=O)O)c1. The molecule has 1 aromatic rings. The van der Waals surface area contributed by atoms with Gasteiger partial charge in [0.1, 0.15) is 0 Å². The highest BCUT2D eigenvalue weighted by Gasteiger charge is 2.00. The number of aryl methyl sites for hydroxylation is 2. The molecule has 0 radical (unpaired) electrons. The van der Waals surface area contributed by atoms with Crippen LogP contribution in [0.25, 0.3) is 0 Å². The highest BCUT2D eigenvalue weighted by atomic mass is 16.4. The first-order valence-corrected chi connectivity index (χ1v) is 5.18. The summed E-state index contributed by atoms with van der Waals surface area (Å²) in [6, 6.07) is 6.29. The highest BCUT2D eigenvalue weighted by molar-refractivity contribution is 5.79. The molecule has 0 atom stereocenters. The zero-order chi connectivity index (χ0) is 12.1. The molecule has 0 bridgehead atoms. The minimum atomic E-state index is -0.908. The standard InChI is InChI=1S/C13H17NO2/c1-10-7-11(2)9-12(8-10)14(3)6-4-5-13(15)16/h4-5,7-9H,6H2,1-3H3,(H,15,16). The molecule has 0 fully saturated rings. The fourth-order valence-electron chi connectivity index (χ4n) is 1.59. The smallest absolute Gasteiger partial charge is 0.328 e. The van der Waals surface area contributed by atoms with Gasteiger partial charge in [0, 0.05) is 25.4 Å². The van der Waals surface area contributed by atoms with Crippen molar-refractivity contribution in [3.63, 3.8) is 0 Å². The van der Waals surface area contributed by atoms with E-state index < -0.39 is 5.97 Å². The minimum Gasteiger partial charge on any atom is -0.478 e. The number of hydrogen-bond donors (Lipinski definition) is 1. The van der Waals surface area contributed by atoms with Gasteiger partial charge >= 0.3 is 5.97 Å². The van der Waals surface area contributed by atoms with Crippen LogP contribution in [0.3, 0.4) is 0 Å². The molecule has 0 aliphatic heterocycles. The van der Waals surface area contributed by atoms with E-state index in [1.54, 1.807) is 6.08 Å². The second-order valence-electron chi connectivity index (χ2n) is 3.97. The van der Waals surface area contributed by atoms with Gasteiger partial charge in [-0.05, 0) is 37.1 Å². The Morgan fingerprint density at radius 1 is 1.31 bits per heavy atom. The van der Waals surface area contributed by atoms with Crippen molar-refractivity contribution in [3.8, 4) is 0 Å². The van der Waals surface area contributed by atoms with Crippen LogP contribution in [0, 0.1) is 13.8 Å². The maximum atomic E-state index is 10.3. The summed E-state index contributed by atoms with van der Waals surface area (Å²) in [6.07, 6.45) is 2.80. The van der Waals surface area contributed by atoms with Crippen LogP contribution in [0.1, 0.15) is 11.1 Å². The number of anilines is 1. The van der Waals surface area contributed by atoms with Crippen LogP contribution >= 0.6 is 0 Å². The van der Waals surface area contributed by atoms with Crippen molar-refractivity contribution in [3.05, 3.63) is 41.5 Å². The number of carboxylic acid groups (broad SMARTS) is 1. The molecule has 0 saturated heterocycles. The van der Waals surface area contributed by atoms with Gasteiger partial charge in [-0.2, -0.15) is 0 Å². The fraction of sp³-hybridized carbons (Fsp3) is 0.308. The van der Waals surface area contributed by atoms with Gasteiger partial charge in [0.25, 0.3) is 0 Å². The molecular weight excluding hydrogens is 202 g/mol. The predicted octanol–water partition coefficient (Wildman–Crippen LogP) is 2.38. The second kappa shape index (κ2) is 5.35. The van der Waals surface area contributed by atoms with Crippen LogP contribution in [0.15, 0.2) is 30.4 Å². The van der Waals surface area contributed by atoms with E-state index in [0.717, 1.165) is 5.69 Å². The first kappa shape index (κ1) is 12.3. The van der Waals surface area contributed by atoms with Crippen LogP contribution in [0.2, 0.25) is 0 Å². The molecule has 0 aliphatic carbocycles. The number of likely N-dealkylation sites (N-methyl/N-ethyl adjacent to an activating group) is 1. The van der Waals surface area contributed by atoms with Gasteiger partial charge in [-0.3, -0.25) is 0 Å². The Morgan fingerprint density at radius 2 is 1.88 bits per heavy atom. The Morgan fingerprint density at radius 3 is 2.38 bits per heavy atom. The van der Waals surface area contributed by atoms with Gasteiger partial charge in [0.05, 0.1) is 0 Å². The molecule has 0 heterocycles. The summed E-state index contributed by atoms with van der Waals surface area (Å²) in [4.78, 5) is 12.3. The summed E-state index contributed by atoms with van der Waals surface area (Å²) in [5.41, 5.74) is 3.53. The number of carbonyl (C=O) groups is 1. The van der Waals surface area contributed by atoms with Gasteiger partial charge in [-0.1, -0.05) is 12.1 Å². The van der Waals surface area contributed by atoms with Crippen molar-refractivity contribution in [1.29, 1.82) is 0 Å². The van der Waals surface area contributed by atoms with Gasteiger partial charge in [-0.15, -0.1) is 0 Å². The van der Waals surface area contributed by atoms with Crippen molar-refractivity contribution in [1.82, 2.24) is 0 Å². The van der Waals surface area contributed by atoms with Crippen molar-refractivity contribution in [2.45, 2.75) is 13.8 Å². The van der Waals surface area contributed by atoms with E-state index in [1.807, 2.05) is 11.9 Å². The molecule has 0 spiro atoms. The number of nitrogens with zero attached hydrogens (tertiary/aromatic N) is 1. The largest absolute Gasteiger partial charge is 0.478 e. The van der Waals surface area contributed by atoms with Crippen molar-refractivity contribution < 1.29 is 9.90 Å². The van der Waals surface area contributed by atoms with E-state index in [4.69, 9.17) is 5.11 Å². The Hall–Kier alpha value is -1.77. The zero-order valence-electron chi connectivity index (χ0n) is 9.90. The predicted molar refractivity (Wildman–Crippen MR) is 66.0 cm³/mol. The highest BCUT2D eigenvalue weighted by Crippen LogP contribution is 2.17. The van der Waals surface area contributed by atoms with Crippen LogP contribution < -0.4 is 4.90 Å². The molecule has 1 aromatic carbocycles. The van der Waals surface area contributed by atoms with Gasteiger partial charge in [0.2, 0.25) is 0 Å². The van der Waals surface area contributed by atoms with E-state index in [1.165, 1.54) is 17.2 Å². The summed E-state index contributed by atoms with van der Waals surface area (Å²) in [6.45, 7) is 4.70. The maximum absolute atomic E-state index is 10.3. The minimum absolute atomic E-state index is 0.592. The van der Waals surface area contributed by atoms with Gasteiger partial charge < -0.3 is 10.0 Å². The quantitative estimate of drug-likeness (QED) is 0.790. The third-order valence-corrected chi connectivity index (χ3v) is 2.29. The Kier molecular flexibility index (Phi) is 4.11. The average molecular weight is 219 g/mol. The molecule has 1 N–H and O–H groups in total. The van der Waals surface area contributed by atoms with Crippen molar-refractivity contribution in [2.24, 2.45) is 0 Å². The van der Waals surface area contributed by atoms with E-state index in [-0.39, 0.29) is 0 Å². The van der Waals surface area contributed by atoms with Crippen LogP contribution in [0.4, 0.5) is 5.69 Å². The lowest BCUT2D eigenvalue weighted by Gasteiger charge is -2.18. The molecule has 0 saturated carbocycles. The van der Waals surface area contributed by atoms with E-state index in [9.17, 15) is 4.79 Å². The molecule has 3 nitrogen and oxygen atoms in total. The summed E-state index contributed by atoms with van der Waals surface area (Å²) >= 11 is 0. The Bertz CT molecular complexity index is 390. The third kappa shape index (κ3) is 3.77. The molecule has 0 aromatic heterocycles. The van der Waals surface area contributed by atoms with E-state index >= 15 is 0 Å². The Balaban J connectivity index is 2.72. The molecule has 3 heteroatoms. The number of rotatable bonds is 4. The molecule has 1 rings (SSSR count). The zero-order valence-corrected chi connectivity index (χ0v) is 9.90. The molecule has 0 aliphatic rings. The van der Waals surface area contributed by atoms with Crippen molar-refractivity contribution >= 4 is 11.7 Å². The number of carboxylic acids is 1. The van der Waals surface area contributed by atoms with E-state index in [0.29, 0.717) is 6.54 Å². The van der Waals surface area contributed by atoms with Crippen LogP contribution in [-0.4, -0.2) is 24.7 Å². The third-order valence-electron chi connectivity index (χ3n) is 2.29. The maximum Gasteiger partial charge on any atom is 0.328 e. The molecular formula is C13H17NO2. The fourth-order valence-corrected chi connectivity index (χ4v) is 1.59. The number of benzene rings is 1. The summed E-state index contributed by atoms with van der Waals surface area (Å²) < 4.78 is 0. The lowest BCUT2D eigenvalue weighted by Crippen LogP contribution is -2.17. The average Bonchev–Trinajstić information content (AvgIpc) is 2.15. The summed E-state index contributed by atoms with van der Waals surface area (Å²) in [7, 11) is 1.94. The Labute approximate surface area is 96.0 Å². The van der Waals surface area contributed by atoms with Crippen LogP contribution in [-0.2, 0) is 4.79 Å². The first-order chi connectivity index (χ1) is 7.49. The lowest BCUT2D eigenvalue weighted by atomic mass is 10.1. The first-order valence-electron chi connectivity index (χ1n) is 5.18. The summed E-state index contributed by atoms with van der Waals surface area (Å²) in [5, 5.41) is 8.48. The summed E-state index contributed by atoms with van der Waals surface area (Å²) in [5.74, 6) is -0.908. The lowest BCUT2D eigenvalue weighted by molar-refractivity contribution is -0.131. The molecule has 0 amide bonds. The van der Waals surface area contributed by atoms with Crippen molar-refractivity contribution in [2.75, 3.05) is 18.5 Å². The molecule has 86 valence electrons. The van der Waals surface area contributed by atoms with Gasteiger partial charge in [0.15, 0.2) is 0 Å². The monoisotopic (exact) mass is 219 g/mol. The van der Waals surface area contributed by atoms with Gasteiger partial charge in [-0.25, -0.2) is 4.79 Å².